The predicted octanol–water partition coefficient (Wildman–Crippen LogP) is 3.03. The van der Waals surface area contributed by atoms with Gasteiger partial charge in [0.25, 0.3) is 0 Å². The minimum atomic E-state index is -0.725. The topological polar surface area (TPSA) is 49.3 Å². The lowest BCUT2D eigenvalue weighted by atomic mass is 10.1. The third kappa shape index (κ3) is 4.32. The van der Waals surface area contributed by atoms with E-state index in [0.29, 0.717) is 6.42 Å². The Morgan fingerprint density at radius 3 is 2.87 bits per heavy atom. The molecule has 1 heterocycles. The molecule has 15 heavy (non-hydrogen) atoms. The van der Waals surface area contributed by atoms with Crippen molar-refractivity contribution in [2.24, 2.45) is 0 Å². The van der Waals surface area contributed by atoms with Gasteiger partial charge in [0.05, 0.1) is 3.79 Å². The summed E-state index contributed by atoms with van der Waals surface area (Å²) in [6.07, 6.45) is 1.80. The summed E-state index contributed by atoms with van der Waals surface area (Å²) < 4.78 is 1.11. The molecule has 0 bridgehead atoms. The van der Waals surface area contributed by atoms with Crippen molar-refractivity contribution in [3.8, 4) is 0 Å². The number of thiophene rings is 1. The minimum Gasteiger partial charge on any atom is -0.481 e. The molecule has 0 aliphatic rings. The van der Waals surface area contributed by atoms with Crippen LogP contribution in [0.4, 0.5) is 0 Å². The molecule has 0 aliphatic heterocycles. The first-order valence-corrected chi connectivity index (χ1v) is 6.38. The molecule has 0 aromatic carbocycles. The summed E-state index contributed by atoms with van der Waals surface area (Å²) >= 11 is 5.10. The molecule has 0 spiro atoms. The van der Waals surface area contributed by atoms with Crippen LogP contribution < -0.4 is 5.32 Å². The summed E-state index contributed by atoms with van der Waals surface area (Å²) in [5.41, 5.74) is 0. The second-order valence-electron chi connectivity index (χ2n) is 3.27. The first kappa shape index (κ1) is 12.7. The van der Waals surface area contributed by atoms with Crippen molar-refractivity contribution in [1.82, 2.24) is 5.32 Å². The molecule has 1 aromatic heterocycles. The zero-order valence-corrected chi connectivity index (χ0v) is 10.9. The summed E-state index contributed by atoms with van der Waals surface area (Å²) in [6, 6.07) is 4.35. The maximum atomic E-state index is 10.4. The quantitative estimate of drug-likeness (QED) is 0.847. The lowest BCUT2D eigenvalue weighted by Crippen LogP contribution is -2.15. The van der Waals surface area contributed by atoms with Crippen molar-refractivity contribution < 1.29 is 9.90 Å². The van der Waals surface area contributed by atoms with Crippen LogP contribution in [-0.4, -0.2) is 18.1 Å². The number of aliphatic carboxylic acids is 1. The molecule has 0 fully saturated rings. The van der Waals surface area contributed by atoms with E-state index in [1.54, 1.807) is 11.3 Å². The van der Waals surface area contributed by atoms with E-state index in [9.17, 15) is 4.79 Å². The SMILES string of the molecule is CNC(CCCC(=O)O)c1ccc(Br)s1. The molecule has 5 heteroatoms. The maximum absolute atomic E-state index is 10.4. The number of rotatable bonds is 6. The first-order valence-electron chi connectivity index (χ1n) is 4.77. The van der Waals surface area contributed by atoms with Gasteiger partial charge in [-0.1, -0.05) is 0 Å². The van der Waals surface area contributed by atoms with Crippen LogP contribution in [0.3, 0.4) is 0 Å². The molecule has 0 aliphatic carbocycles. The molecule has 0 saturated carbocycles. The number of nitrogens with one attached hydrogen (secondary N) is 1. The molecule has 2 N–H and O–H groups in total. The second kappa shape index (κ2) is 6.25. The zero-order valence-electron chi connectivity index (χ0n) is 8.50. The fraction of sp³-hybridized carbons (Fsp3) is 0.500. The van der Waals surface area contributed by atoms with E-state index in [1.807, 2.05) is 13.1 Å². The van der Waals surface area contributed by atoms with Gasteiger partial charge in [-0.2, -0.15) is 0 Å². The lowest BCUT2D eigenvalue weighted by Gasteiger charge is -2.13. The van der Waals surface area contributed by atoms with E-state index in [0.717, 1.165) is 10.2 Å². The molecule has 1 atom stereocenters. The van der Waals surface area contributed by atoms with Crippen molar-refractivity contribution in [2.75, 3.05) is 7.05 Å². The Hall–Kier alpha value is -0.390. The number of halogens is 1. The van der Waals surface area contributed by atoms with E-state index in [1.165, 1.54) is 4.88 Å². The van der Waals surface area contributed by atoms with Crippen LogP contribution in [0.2, 0.25) is 0 Å². The number of hydrogen-bond acceptors (Lipinski definition) is 3. The van der Waals surface area contributed by atoms with Crippen molar-refractivity contribution in [1.29, 1.82) is 0 Å². The van der Waals surface area contributed by atoms with Crippen LogP contribution in [-0.2, 0) is 4.79 Å². The molecule has 0 amide bonds. The van der Waals surface area contributed by atoms with Crippen molar-refractivity contribution >= 4 is 33.2 Å². The third-order valence-electron chi connectivity index (χ3n) is 2.17. The van der Waals surface area contributed by atoms with Gasteiger partial charge < -0.3 is 10.4 Å². The Labute approximate surface area is 102 Å². The predicted molar refractivity (Wildman–Crippen MR) is 65.3 cm³/mol. The van der Waals surface area contributed by atoms with Crippen LogP contribution in [0.25, 0.3) is 0 Å². The highest BCUT2D eigenvalue weighted by Gasteiger charge is 2.11. The molecule has 84 valence electrons. The molecule has 0 radical (unpaired) electrons. The standard InChI is InChI=1S/C10H14BrNO2S/c1-12-7(3-2-4-10(13)14)8-5-6-9(11)15-8/h5-7,12H,2-4H2,1H3,(H,13,14). The van der Waals surface area contributed by atoms with Crippen LogP contribution in [0.15, 0.2) is 15.9 Å². The summed E-state index contributed by atoms with van der Waals surface area (Å²) in [5.74, 6) is -0.725. The molecule has 1 aromatic rings. The van der Waals surface area contributed by atoms with E-state index >= 15 is 0 Å². The van der Waals surface area contributed by atoms with Gasteiger partial charge in [-0.25, -0.2) is 0 Å². The van der Waals surface area contributed by atoms with Gasteiger partial charge in [0.2, 0.25) is 0 Å². The molecular formula is C10H14BrNO2S. The normalized spacial score (nSPS) is 12.7. The number of carboxylic acids is 1. The van der Waals surface area contributed by atoms with E-state index in [4.69, 9.17) is 5.11 Å². The van der Waals surface area contributed by atoms with E-state index in [2.05, 4.69) is 27.3 Å². The summed E-state index contributed by atoms with van der Waals surface area (Å²) in [4.78, 5) is 11.6. The third-order valence-corrected chi connectivity index (χ3v) is 3.91. The summed E-state index contributed by atoms with van der Waals surface area (Å²) in [6.45, 7) is 0. The van der Waals surface area contributed by atoms with Crippen LogP contribution in [0, 0.1) is 0 Å². The highest BCUT2D eigenvalue weighted by atomic mass is 79.9. The van der Waals surface area contributed by atoms with Crippen LogP contribution in [0.1, 0.15) is 30.2 Å². The lowest BCUT2D eigenvalue weighted by molar-refractivity contribution is -0.137. The molecular weight excluding hydrogens is 278 g/mol. The van der Waals surface area contributed by atoms with Gasteiger partial charge in [-0.15, -0.1) is 11.3 Å². The van der Waals surface area contributed by atoms with Gasteiger partial charge in [0, 0.05) is 17.3 Å². The Kier molecular flexibility index (Phi) is 5.28. The van der Waals surface area contributed by atoms with E-state index in [-0.39, 0.29) is 12.5 Å². The average molecular weight is 292 g/mol. The Morgan fingerprint density at radius 2 is 2.40 bits per heavy atom. The van der Waals surface area contributed by atoms with Crippen LogP contribution in [0.5, 0.6) is 0 Å². The fourth-order valence-electron chi connectivity index (χ4n) is 1.40. The van der Waals surface area contributed by atoms with Gasteiger partial charge in [0.15, 0.2) is 0 Å². The molecule has 1 rings (SSSR count). The number of carboxylic acid groups (broad SMARTS) is 1. The largest absolute Gasteiger partial charge is 0.481 e. The molecule has 1 unspecified atom stereocenters. The Balaban J connectivity index is 2.45. The highest BCUT2D eigenvalue weighted by molar-refractivity contribution is 9.11. The second-order valence-corrected chi connectivity index (χ2v) is 5.76. The Morgan fingerprint density at radius 1 is 1.67 bits per heavy atom. The summed E-state index contributed by atoms with van der Waals surface area (Å²) in [7, 11) is 1.90. The van der Waals surface area contributed by atoms with Gasteiger partial charge in [0.1, 0.15) is 0 Å². The number of carbonyl (C=O) groups is 1. The van der Waals surface area contributed by atoms with Crippen molar-refractivity contribution in [3.63, 3.8) is 0 Å². The maximum Gasteiger partial charge on any atom is 0.303 e. The van der Waals surface area contributed by atoms with E-state index < -0.39 is 5.97 Å². The van der Waals surface area contributed by atoms with Gasteiger partial charge >= 0.3 is 5.97 Å². The smallest absolute Gasteiger partial charge is 0.303 e. The first-order chi connectivity index (χ1) is 7.13. The van der Waals surface area contributed by atoms with Crippen molar-refractivity contribution in [2.45, 2.75) is 25.3 Å². The molecule has 0 saturated heterocycles. The number of hydrogen-bond donors (Lipinski definition) is 2. The van der Waals surface area contributed by atoms with Gasteiger partial charge in [-0.05, 0) is 48.0 Å². The highest BCUT2D eigenvalue weighted by Crippen LogP contribution is 2.29. The van der Waals surface area contributed by atoms with Gasteiger partial charge in [-0.3, -0.25) is 4.79 Å². The van der Waals surface area contributed by atoms with Crippen molar-refractivity contribution in [3.05, 3.63) is 20.8 Å². The zero-order chi connectivity index (χ0) is 11.3. The minimum absolute atomic E-state index is 0.241. The summed E-state index contributed by atoms with van der Waals surface area (Å²) in [5, 5.41) is 11.8. The molecule has 3 nitrogen and oxygen atoms in total. The average Bonchev–Trinajstić information content (AvgIpc) is 2.59. The van der Waals surface area contributed by atoms with Crippen LogP contribution >= 0.6 is 27.3 Å². The monoisotopic (exact) mass is 291 g/mol. The fourth-order valence-corrected chi connectivity index (χ4v) is 2.97. The Bertz CT molecular complexity index is 327.